The van der Waals surface area contributed by atoms with Gasteiger partial charge in [0, 0.05) is 6.04 Å². The van der Waals surface area contributed by atoms with Gasteiger partial charge >= 0.3 is 5.97 Å². The third-order valence-electron chi connectivity index (χ3n) is 8.59. The van der Waals surface area contributed by atoms with Crippen LogP contribution in [0.25, 0.3) is 5.69 Å². The molecule has 0 saturated heterocycles. The zero-order valence-corrected chi connectivity index (χ0v) is 19.1. The maximum Gasteiger partial charge on any atom is 0.335 e. The topological polar surface area (TPSA) is 84.2 Å². The summed E-state index contributed by atoms with van der Waals surface area (Å²) in [4.78, 5) is 24.6. The van der Waals surface area contributed by atoms with Gasteiger partial charge in [0.05, 0.1) is 23.0 Å². The molecule has 1 amide bonds. The second-order valence-corrected chi connectivity index (χ2v) is 11.4. The van der Waals surface area contributed by atoms with E-state index in [1.54, 1.807) is 46.9 Å². The van der Waals surface area contributed by atoms with E-state index in [0.717, 1.165) is 34.7 Å². The molecule has 7 heteroatoms. The first kappa shape index (κ1) is 20.3. The van der Waals surface area contributed by atoms with Crippen LogP contribution in [0.1, 0.15) is 66.2 Å². The van der Waals surface area contributed by atoms with Crippen molar-refractivity contribution in [3.05, 3.63) is 41.6 Å². The van der Waals surface area contributed by atoms with Crippen molar-refractivity contribution in [3.63, 3.8) is 0 Å². The monoisotopic (exact) mass is 451 g/mol. The van der Waals surface area contributed by atoms with Gasteiger partial charge in [-0.3, -0.25) is 4.79 Å². The summed E-state index contributed by atoms with van der Waals surface area (Å²) in [5.74, 6) is 3.03. The molecule has 4 saturated carbocycles. The van der Waals surface area contributed by atoms with Crippen LogP contribution in [0.2, 0.25) is 0 Å². The van der Waals surface area contributed by atoms with Crippen molar-refractivity contribution in [2.75, 3.05) is 5.75 Å². The first-order valence-electron chi connectivity index (χ1n) is 11.9. The van der Waals surface area contributed by atoms with Gasteiger partial charge in [-0.25, -0.2) is 9.48 Å². The van der Waals surface area contributed by atoms with Gasteiger partial charge in [0.25, 0.3) is 5.91 Å². The summed E-state index contributed by atoms with van der Waals surface area (Å²) in [6, 6.07) is 6.97. The molecular formula is C25H29N3O3S. The Morgan fingerprint density at radius 1 is 1.16 bits per heavy atom. The van der Waals surface area contributed by atoms with E-state index >= 15 is 0 Å². The van der Waals surface area contributed by atoms with Crippen LogP contribution >= 0.6 is 11.8 Å². The van der Waals surface area contributed by atoms with Gasteiger partial charge in [0.2, 0.25) is 0 Å². The van der Waals surface area contributed by atoms with Gasteiger partial charge in [0.1, 0.15) is 5.03 Å². The fourth-order valence-electron chi connectivity index (χ4n) is 7.58. The van der Waals surface area contributed by atoms with Crippen LogP contribution < -0.4 is 5.32 Å². The molecule has 4 atom stereocenters. The van der Waals surface area contributed by atoms with E-state index in [4.69, 9.17) is 0 Å². The van der Waals surface area contributed by atoms with E-state index in [2.05, 4.69) is 17.3 Å². The number of aromatic carboxylic acids is 1. The molecule has 3 bridgehead atoms. The Bertz CT molecular complexity index is 1050. The van der Waals surface area contributed by atoms with Crippen molar-refractivity contribution in [1.29, 1.82) is 0 Å². The van der Waals surface area contributed by atoms with Gasteiger partial charge in [0.15, 0.2) is 0 Å². The minimum absolute atomic E-state index is 0.0110. The highest BCUT2D eigenvalue weighted by atomic mass is 32.2. The highest BCUT2D eigenvalue weighted by Crippen LogP contribution is 2.75. The van der Waals surface area contributed by atoms with Gasteiger partial charge in [-0.15, -0.1) is 11.8 Å². The highest BCUT2D eigenvalue weighted by molar-refractivity contribution is 7.99. The number of hydrogen-bond acceptors (Lipinski definition) is 4. The lowest BCUT2D eigenvalue weighted by Gasteiger charge is -2.56. The molecule has 6 nitrogen and oxygen atoms in total. The Morgan fingerprint density at radius 3 is 2.47 bits per heavy atom. The van der Waals surface area contributed by atoms with Gasteiger partial charge in [-0.05, 0) is 97.6 Å². The van der Waals surface area contributed by atoms with E-state index in [9.17, 15) is 14.7 Å². The predicted octanol–water partition coefficient (Wildman–Crippen LogP) is 4.63. The second-order valence-electron chi connectivity index (χ2n) is 10.3. The standard InChI is InChI=1S/C25H29N3O3S/c1-2-7-32-23-18(13-26-28(23)17-5-3-16(4-6-17)24(30)31)22(29)27-21-19-9-14-8-15-10-20(21)25(19,11-14)12-15/h3-6,13-15,19-21H,2,7-12H2,1H3,(H,27,29)(H,30,31)/t14-,15-,19+,20+,25?/m0/s1. The van der Waals surface area contributed by atoms with E-state index in [0.29, 0.717) is 28.9 Å². The summed E-state index contributed by atoms with van der Waals surface area (Å²) in [5.41, 5.74) is 2.18. The molecule has 32 heavy (non-hydrogen) atoms. The quantitative estimate of drug-likeness (QED) is 0.600. The van der Waals surface area contributed by atoms with Crippen molar-refractivity contribution in [3.8, 4) is 5.69 Å². The van der Waals surface area contributed by atoms with Gasteiger partial charge in [-0.1, -0.05) is 6.92 Å². The first-order valence-corrected chi connectivity index (χ1v) is 12.8. The predicted molar refractivity (Wildman–Crippen MR) is 122 cm³/mol. The SMILES string of the molecule is CCCSc1c(C(=O)NC2[C@H]3C[C@@H]4C[C@H]5C[C@H]2C3(C4)C5)cnn1-c1ccc(C(=O)O)cc1. The number of benzene rings is 1. The first-order chi connectivity index (χ1) is 15.5. The lowest BCUT2D eigenvalue weighted by atomic mass is 9.52. The number of amides is 1. The number of nitrogens with one attached hydrogen (secondary N) is 1. The Balaban J connectivity index is 1.26. The van der Waals surface area contributed by atoms with Crippen molar-refractivity contribution >= 4 is 23.6 Å². The smallest absolute Gasteiger partial charge is 0.335 e. The van der Waals surface area contributed by atoms with Crippen LogP contribution in [0, 0.1) is 29.1 Å². The summed E-state index contributed by atoms with van der Waals surface area (Å²) >= 11 is 1.64. The van der Waals surface area contributed by atoms with Crippen LogP contribution in [-0.2, 0) is 0 Å². The summed E-state index contributed by atoms with van der Waals surface area (Å²) in [6.07, 6.45) is 9.47. The Labute approximate surface area is 192 Å². The Morgan fingerprint density at radius 2 is 1.84 bits per heavy atom. The molecule has 4 fully saturated rings. The van der Waals surface area contributed by atoms with Crippen LogP contribution in [0.3, 0.4) is 0 Å². The van der Waals surface area contributed by atoms with Crippen LogP contribution in [0.15, 0.2) is 35.5 Å². The second kappa shape index (κ2) is 7.37. The van der Waals surface area contributed by atoms with Crippen LogP contribution in [0.4, 0.5) is 0 Å². The fraction of sp³-hybridized carbons (Fsp3) is 0.560. The van der Waals surface area contributed by atoms with E-state index in [-0.39, 0.29) is 11.5 Å². The Kier molecular flexibility index (Phi) is 4.68. The summed E-state index contributed by atoms with van der Waals surface area (Å²) < 4.78 is 1.77. The largest absolute Gasteiger partial charge is 0.478 e. The van der Waals surface area contributed by atoms with Crippen molar-refractivity contribution < 1.29 is 14.7 Å². The number of carbonyl (C=O) groups is 2. The molecule has 1 aromatic heterocycles. The lowest BCUT2D eigenvalue weighted by molar-refractivity contribution is -0.0418. The number of thioether (sulfide) groups is 1. The molecule has 1 aromatic carbocycles. The third kappa shape index (κ3) is 2.89. The molecular weight excluding hydrogens is 422 g/mol. The third-order valence-corrected chi connectivity index (χ3v) is 9.87. The van der Waals surface area contributed by atoms with Gasteiger partial charge < -0.3 is 10.4 Å². The van der Waals surface area contributed by atoms with E-state index in [1.165, 1.54) is 32.1 Å². The van der Waals surface area contributed by atoms with Gasteiger partial charge in [-0.2, -0.15) is 5.10 Å². The zero-order valence-electron chi connectivity index (χ0n) is 18.3. The lowest BCUT2D eigenvalue weighted by Crippen LogP contribution is -2.62. The minimum Gasteiger partial charge on any atom is -0.478 e. The van der Waals surface area contributed by atoms with Crippen molar-refractivity contribution in [1.82, 2.24) is 15.1 Å². The number of carbonyl (C=O) groups excluding carboxylic acids is 1. The molecule has 0 radical (unpaired) electrons. The molecule has 0 unspecified atom stereocenters. The molecule has 4 aliphatic carbocycles. The maximum absolute atomic E-state index is 13.4. The normalized spacial score (nSPS) is 33.7. The summed E-state index contributed by atoms with van der Waals surface area (Å²) in [6.45, 7) is 2.12. The number of nitrogens with zero attached hydrogens (tertiary/aromatic N) is 2. The molecule has 0 aliphatic heterocycles. The van der Waals surface area contributed by atoms with Crippen molar-refractivity contribution in [2.24, 2.45) is 29.1 Å². The average molecular weight is 452 g/mol. The molecule has 168 valence electrons. The number of carboxylic acid groups (broad SMARTS) is 1. The van der Waals surface area contributed by atoms with Crippen LogP contribution in [0.5, 0.6) is 0 Å². The fourth-order valence-corrected chi connectivity index (χ4v) is 8.56. The van der Waals surface area contributed by atoms with Crippen LogP contribution in [-0.4, -0.2) is 38.6 Å². The van der Waals surface area contributed by atoms with E-state index < -0.39 is 5.97 Å². The molecule has 2 aromatic rings. The highest BCUT2D eigenvalue weighted by Gasteiger charge is 2.71. The maximum atomic E-state index is 13.4. The average Bonchev–Trinajstić information content (AvgIpc) is 3.38. The Hall–Kier alpha value is -2.28. The summed E-state index contributed by atoms with van der Waals surface area (Å²) in [7, 11) is 0. The summed E-state index contributed by atoms with van der Waals surface area (Å²) in [5, 5.41) is 18.0. The minimum atomic E-state index is -0.953. The molecule has 6 rings (SSSR count). The molecule has 4 aliphatic rings. The van der Waals surface area contributed by atoms with E-state index in [1.807, 2.05) is 0 Å². The number of aromatic nitrogens is 2. The molecule has 2 N–H and O–H groups in total. The number of carboxylic acids is 1. The molecule has 1 spiro atoms. The van der Waals surface area contributed by atoms with Crippen molar-refractivity contribution in [2.45, 2.75) is 56.5 Å². The number of rotatable bonds is 7. The zero-order chi connectivity index (χ0) is 22.0. The number of hydrogen-bond donors (Lipinski definition) is 2. The molecule has 1 heterocycles. The number of fused-ring (bicyclic) bond motifs is 2.